The number of hydrogen-bond donors (Lipinski definition) is 0. The Balaban J connectivity index is 1.51. The summed E-state index contributed by atoms with van der Waals surface area (Å²) in [5.74, 6) is 0.359. The number of hydrogen-bond acceptors (Lipinski definition) is 2. The van der Waals surface area contributed by atoms with Gasteiger partial charge in [0, 0.05) is 10.0 Å². The molecule has 2 heterocycles. The van der Waals surface area contributed by atoms with Crippen molar-refractivity contribution in [3.63, 3.8) is 0 Å². The van der Waals surface area contributed by atoms with Gasteiger partial charge in [-0.05, 0) is 42.2 Å². The smallest absolute Gasteiger partial charge is 0.232 e. The van der Waals surface area contributed by atoms with E-state index in [2.05, 4.69) is 46.8 Å². The zero-order chi connectivity index (χ0) is 16.0. The highest BCUT2D eigenvalue weighted by Crippen LogP contribution is 2.89. The molecule has 2 saturated heterocycles. The molecule has 122 valence electrons. The number of amides is 1. The van der Waals surface area contributed by atoms with Crippen LogP contribution in [0.25, 0.3) is 0 Å². The summed E-state index contributed by atoms with van der Waals surface area (Å²) in [5.41, 5.74) is 1.41. The summed E-state index contributed by atoms with van der Waals surface area (Å²) in [5, 5.41) is 0. The topological polar surface area (TPSA) is 29.5 Å². The first-order valence-electron chi connectivity index (χ1n) is 8.64. The third-order valence-electron chi connectivity index (χ3n) is 7.61. The minimum absolute atomic E-state index is 0.111. The van der Waals surface area contributed by atoms with Crippen molar-refractivity contribution in [2.45, 2.75) is 51.8 Å². The minimum Gasteiger partial charge on any atom is -0.352 e. The molecule has 0 N–H and O–H groups in total. The van der Waals surface area contributed by atoms with Gasteiger partial charge >= 0.3 is 0 Å². The normalized spacial score (nSPS) is 38.9. The number of ether oxygens (including phenoxy) is 1. The van der Waals surface area contributed by atoms with Crippen molar-refractivity contribution in [1.29, 1.82) is 0 Å². The first kappa shape index (κ1) is 14.5. The molecule has 2 spiro atoms. The maximum atomic E-state index is 13.5. The minimum atomic E-state index is -0.200. The Morgan fingerprint density at radius 1 is 1.22 bits per heavy atom. The van der Waals surface area contributed by atoms with Gasteiger partial charge in [0.05, 0.1) is 18.1 Å². The monoisotopic (exact) mass is 375 g/mol. The van der Waals surface area contributed by atoms with E-state index in [1.165, 1.54) is 19.3 Å². The molecule has 1 unspecified atom stereocenters. The number of halogens is 1. The number of rotatable bonds is 1. The molecule has 1 amide bonds. The van der Waals surface area contributed by atoms with Crippen LogP contribution in [0.5, 0.6) is 0 Å². The van der Waals surface area contributed by atoms with Crippen molar-refractivity contribution >= 4 is 21.8 Å². The molecular weight excluding hydrogens is 354 g/mol. The number of carbonyl (C=O) groups is 1. The second kappa shape index (κ2) is 4.20. The van der Waals surface area contributed by atoms with Crippen LogP contribution in [0, 0.1) is 16.2 Å². The Hall–Kier alpha value is -0.870. The third kappa shape index (κ3) is 1.41. The molecule has 0 aromatic heterocycles. The Kier molecular flexibility index (Phi) is 2.65. The van der Waals surface area contributed by atoms with E-state index in [0.29, 0.717) is 12.5 Å². The van der Waals surface area contributed by atoms with Gasteiger partial charge in [0.25, 0.3) is 0 Å². The van der Waals surface area contributed by atoms with Crippen LogP contribution in [0.4, 0.5) is 0 Å². The molecule has 2 saturated carbocycles. The summed E-state index contributed by atoms with van der Waals surface area (Å²) in [6, 6.07) is 8.43. The predicted octanol–water partition coefficient (Wildman–Crippen LogP) is 4.28. The highest BCUT2D eigenvalue weighted by Gasteiger charge is 2.89. The predicted molar refractivity (Wildman–Crippen MR) is 90.6 cm³/mol. The lowest BCUT2D eigenvalue weighted by Gasteiger charge is -2.31. The van der Waals surface area contributed by atoms with Crippen molar-refractivity contribution in [1.82, 2.24) is 4.90 Å². The number of benzene rings is 1. The van der Waals surface area contributed by atoms with E-state index in [0.717, 1.165) is 16.5 Å². The van der Waals surface area contributed by atoms with E-state index >= 15 is 0 Å². The molecule has 3 nitrogen and oxygen atoms in total. The highest BCUT2D eigenvalue weighted by molar-refractivity contribution is 9.10. The van der Waals surface area contributed by atoms with E-state index in [-0.39, 0.29) is 28.5 Å². The first-order valence-corrected chi connectivity index (χ1v) is 9.44. The van der Waals surface area contributed by atoms with Gasteiger partial charge in [0.15, 0.2) is 6.23 Å². The summed E-state index contributed by atoms with van der Waals surface area (Å²) < 4.78 is 7.07. The molecule has 4 fully saturated rings. The second-order valence-corrected chi connectivity index (χ2v) is 9.19. The summed E-state index contributed by atoms with van der Waals surface area (Å²) in [6.45, 7) is 5.32. The molecule has 23 heavy (non-hydrogen) atoms. The van der Waals surface area contributed by atoms with Crippen LogP contribution >= 0.6 is 15.9 Å². The van der Waals surface area contributed by atoms with Gasteiger partial charge in [0.1, 0.15) is 0 Å². The summed E-state index contributed by atoms with van der Waals surface area (Å²) in [6.07, 6.45) is 4.54. The Morgan fingerprint density at radius 3 is 2.48 bits per heavy atom. The zero-order valence-corrected chi connectivity index (χ0v) is 15.2. The molecule has 2 aliphatic carbocycles. The largest absolute Gasteiger partial charge is 0.352 e. The van der Waals surface area contributed by atoms with E-state index in [1.807, 2.05) is 12.1 Å². The summed E-state index contributed by atoms with van der Waals surface area (Å²) >= 11 is 3.48. The van der Waals surface area contributed by atoms with Crippen LogP contribution in [0.2, 0.25) is 0 Å². The summed E-state index contributed by atoms with van der Waals surface area (Å²) in [4.78, 5) is 15.5. The van der Waals surface area contributed by atoms with Crippen LogP contribution < -0.4 is 0 Å². The van der Waals surface area contributed by atoms with Crippen molar-refractivity contribution in [3.8, 4) is 0 Å². The molecule has 0 bridgehead atoms. The number of nitrogens with zero attached hydrogens (tertiary/aromatic N) is 1. The Bertz CT molecular complexity index is 694. The first-order chi connectivity index (χ1) is 10.9. The quantitative estimate of drug-likeness (QED) is 0.733. The maximum absolute atomic E-state index is 13.5. The SMILES string of the molecule is CC1(C)C2(CCC2)C12C[C@H]1CO[C@H](c3ccc(Br)cc3)N1C2=O. The van der Waals surface area contributed by atoms with Crippen molar-refractivity contribution in [2.24, 2.45) is 16.2 Å². The number of fused-ring (bicyclic) bond motifs is 2. The lowest BCUT2D eigenvalue weighted by molar-refractivity contribution is -0.141. The van der Waals surface area contributed by atoms with Gasteiger partial charge in [-0.3, -0.25) is 4.79 Å². The fourth-order valence-electron chi connectivity index (χ4n) is 6.19. The van der Waals surface area contributed by atoms with Gasteiger partial charge in [-0.1, -0.05) is 48.3 Å². The standard InChI is InChI=1S/C19H22BrNO2/c1-17(2)18(8-3-9-18)19(17)10-14-11-23-15(21(14)16(19)22)12-4-6-13(20)7-5-12/h4-7,14-15H,3,8-11H2,1-2H3/t14-,15+,19?/m0/s1. The van der Waals surface area contributed by atoms with Crippen LogP contribution in [0.3, 0.4) is 0 Å². The van der Waals surface area contributed by atoms with Gasteiger partial charge in [-0.2, -0.15) is 0 Å². The highest BCUT2D eigenvalue weighted by atomic mass is 79.9. The zero-order valence-electron chi connectivity index (χ0n) is 13.6. The van der Waals surface area contributed by atoms with Crippen LogP contribution in [-0.4, -0.2) is 23.5 Å². The van der Waals surface area contributed by atoms with E-state index < -0.39 is 0 Å². The third-order valence-corrected chi connectivity index (χ3v) is 8.14. The summed E-state index contributed by atoms with van der Waals surface area (Å²) in [7, 11) is 0. The Morgan fingerprint density at radius 2 is 1.91 bits per heavy atom. The lowest BCUT2D eigenvalue weighted by atomic mass is 9.73. The van der Waals surface area contributed by atoms with Gasteiger partial charge in [-0.15, -0.1) is 0 Å². The average Bonchev–Trinajstić information content (AvgIpc) is 2.77. The molecule has 1 aromatic rings. The second-order valence-electron chi connectivity index (χ2n) is 8.27. The van der Waals surface area contributed by atoms with Gasteiger partial charge < -0.3 is 9.64 Å². The fraction of sp³-hybridized carbons (Fsp3) is 0.632. The van der Waals surface area contributed by atoms with E-state index in [4.69, 9.17) is 4.74 Å². The molecule has 3 atom stereocenters. The van der Waals surface area contributed by atoms with Gasteiger partial charge in [0.2, 0.25) is 5.91 Å². The van der Waals surface area contributed by atoms with Crippen LogP contribution in [-0.2, 0) is 9.53 Å². The fourth-order valence-corrected chi connectivity index (χ4v) is 6.46. The van der Waals surface area contributed by atoms with Crippen molar-refractivity contribution in [3.05, 3.63) is 34.3 Å². The van der Waals surface area contributed by atoms with Crippen molar-refractivity contribution < 1.29 is 9.53 Å². The maximum Gasteiger partial charge on any atom is 0.232 e. The van der Waals surface area contributed by atoms with E-state index in [1.54, 1.807) is 0 Å². The molecule has 4 aliphatic rings. The average molecular weight is 376 g/mol. The molecule has 4 heteroatoms. The van der Waals surface area contributed by atoms with Crippen LogP contribution in [0.1, 0.15) is 51.3 Å². The molecule has 1 aromatic carbocycles. The van der Waals surface area contributed by atoms with Crippen molar-refractivity contribution in [2.75, 3.05) is 6.61 Å². The van der Waals surface area contributed by atoms with Gasteiger partial charge in [-0.25, -0.2) is 0 Å². The number of carbonyl (C=O) groups excluding carboxylic acids is 1. The molecule has 2 aliphatic heterocycles. The van der Waals surface area contributed by atoms with E-state index in [9.17, 15) is 4.79 Å². The van der Waals surface area contributed by atoms with Crippen LogP contribution in [0.15, 0.2) is 28.7 Å². The molecule has 0 radical (unpaired) electrons. The lowest BCUT2D eigenvalue weighted by Crippen LogP contribution is -2.35. The Labute approximate surface area is 145 Å². The molecular formula is C19H22BrNO2. The molecule has 5 rings (SSSR count).